The summed E-state index contributed by atoms with van der Waals surface area (Å²) in [5.41, 5.74) is 7.12. The maximum Gasteiger partial charge on any atom is 0.139 e. The van der Waals surface area contributed by atoms with Crippen LogP contribution in [0.2, 0.25) is 15.1 Å². The molecule has 2 aromatic rings. The molecule has 0 aliphatic carbocycles. The van der Waals surface area contributed by atoms with Gasteiger partial charge in [-0.05, 0) is 40.2 Å². The minimum atomic E-state index is 0.265. The molecule has 0 heterocycles. The van der Waals surface area contributed by atoms with Crippen LogP contribution in [0.15, 0.2) is 34.8 Å². The number of ether oxygens (including phenoxy) is 1. The van der Waals surface area contributed by atoms with Gasteiger partial charge >= 0.3 is 0 Å². The van der Waals surface area contributed by atoms with Crippen LogP contribution in [0.1, 0.15) is 5.56 Å². The summed E-state index contributed by atoms with van der Waals surface area (Å²) in [5, 5.41) is 1.59. The molecule has 19 heavy (non-hydrogen) atoms. The quantitative estimate of drug-likeness (QED) is 0.557. The highest BCUT2D eigenvalue weighted by atomic mass is 79.9. The number of halogens is 4. The van der Waals surface area contributed by atoms with Gasteiger partial charge in [0.05, 0.1) is 10.0 Å². The first-order valence-electron chi connectivity index (χ1n) is 5.28. The van der Waals surface area contributed by atoms with Gasteiger partial charge in [-0.3, -0.25) is 0 Å². The second kappa shape index (κ2) is 6.23. The van der Waals surface area contributed by atoms with Crippen LogP contribution in [0.5, 0.6) is 5.75 Å². The summed E-state index contributed by atoms with van der Waals surface area (Å²) in [5.74, 6) is 0.494. The fourth-order valence-electron chi connectivity index (χ4n) is 1.48. The first kappa shape index (κ1) is 14.8. The molecule has 0 aliphatic heterocycles. The molecule has 0 saturated heterocycles. The standard InChI is InChI=1S/C13H9BrCl3NO/c14-9-4-12(17)13(5-11(9)16)19-6-7-3-8(18)1-2-10(7)15/h1-5H,6,18H2. The lowest BCUT2D eigenvalue weighted by Crippen LogP contribution is -1.98. The van der Waals surface area contributed by atoms with Gasteiger partial charge in [0, 0.05) is 26.8 Å². The van der Waals surface area contributed by atoms with E-state index in [0.717, 1.165) is 5.56 Å². The molecule has 2 nitrogen and oxygen atoms in total. The van der Waals surface area contributed by atoms with Crippen LogP contribution in [-0.2, 0) is 6.61 Å². The Morgan fingerprint density at radius 2 is 1.74 bits per heavy atom. The average Bonchev–Trinajstić information content (AvgIpc) is 2.36. The lowest BCUT2D eigenvalue weighted by molar-refractivity contribution is 0.306. The SMILES string of the molecule is Nc1ccc(Cl)c(COc2cc(Cl)c(Br)cc2Cl)c1. The van der Waals surface area contributed by atoms with Gasteiger partial charge in [-0.2, -0.15) is 0 Å². The van der Waals surface area contributed by atoms with E-state index >= 15 is 0 Å². The molecule has 2 rings (SSSR count). The van der Waals surface area contributed by atoms with Crippen LogP contribution in [0.4, 0.5) is 5.69 Å². The van der Waals surface area contributed by atoms with E-state index in [4.69, 9.17) is 45.3 Å². The topological polar surface area (TPSA) is 35.2 Å². The molecule has 0 saturated carbocycles. The van der Waals surface area contributed by atoms with E-state index in [-0.39, 0.29) is 6.61 Å². The van der Waals surface area contributed by atoms with Crippen molar-refractivity contribution in [3.8, 4) is 5.75 Å². The Bertz CT molecular complexity index is 619. The van der Waals surface area contributed by atoms with Crippen molar-refractivity contribution in [3.05, 3.63) is 55.4 Å². The Morgan fingerprint density at radius 3 is 2.47 bits per heavy atom. The minimum Gasteiger partial charge on any atom is -0.487 e. The van der Waals surface area contributed by atoms with Crippen molar-refractivity contribution in [3.63, 3.8) is 0 Å². The molecule has 0 radical (unpaired) electrons. The van der Waals surface area contributed by atoms with Crippen molar-refractivity contribution in [2.75, 3.05) is 5.73 Å². The zero-order valence-corrected chi connectivity index (χ0v) is 13.4. The molecule has 0 amide bonds. The smallest absolute Gasteiger partial charge is 0.139 e. The maximum atomic E-state index is 6.07. The molecule has 0 spiro atoms. The summed E-state index contributed by atoms with van der Waals surface area (Å²) in [7, 11) is 0. The highest BCUT2D eigenvalue weighted by Crippen LogP contribution is 2.34. The van der Waals surface area contributed by atoms with Crippen LogP contribution in [0.25, 0.3) is 0 Å². The average molecular weight is 381 g/mol. The summed E-state index contributed by atoms with van der Waals surface area (Å²) in [4.78, 5) is 0. The summed E-state index contributed by atoms with van der Waals surface area (Å²) in [6, 6.07) is 8.55. The van der Waals surface area contributed by atoms with Crippen molar-refractivity contribution in [2.24, 2.45) is 0 Å². The first-order valence-corrected chi connectivity index (χ1v) is 7.21. The highest BCUT2D eigenvalue weighted by Gasteiger charge is 2.08. The van der Waals surface area contributed by atoms with Gasteiger partial charge in [-0.15, -0.1) is 0 Å². The van der Waals surface area contributed by atoms with E-state index in [9.17, 15) is 0 Å². The van der Waals surface area contributed by atoms with E-state index in [1.165, 1.54) is 0 Å². The summed E-state index contributed by atoms with van der Waals surface area (Å²) < 4.78 is 6.33. The molecular formula is C13H9BrCl3NO. The Labute approximate surface area is 134 Å². The van der Waals surface area contributed by atoms with E-state index in [0.29, 0.717) is 31.0 Å². The van der Waals surface area contributed by atoms with E-state index < -0.39 is 0 Å². The number of hydrogen-bond donors (Lipinski definition) is 1. The Kier molecular flexibility index (Phi) is 4.85. The number of anilines is 1. The normalized spacial score (nSPS) is 10.5. The van der Waals surface area contributed by atoms with Gasteiger partial charge in [-0.1, -0.05) is 34.8 Å². The summed E-state index contributed by atoms with van der Waals surface area (Å²) in [6.07, 6.45) is 0. The predicted octanol–water partition coefficient (Wildman–Crippen LogP) is 5.57. The van der Waals surface area contributed by atoms with E-state index in [1.54, 1.807) is 30.3 Å². The molecule has 2 N–H and O–H groups in total. The number of nitrogens with two attached hydrogens (primary N) is 1. The molecule has 2 aromatic carbocycles. The predicted molar refractivity (Wildman–Crippen MR) is 84.4 cm³/mol. The minimum absolute atomic E-state index is 0.265. The zero-order chi connectivity index (χ0) is 14.0. The fraction of sp³-hybridized carbons (Fsp3) is 0.0769. The Hall–Kier alpha value is -0.610. The summed E-state index contributed by atoms with van der Waals surface area (Å²) >= 11 is 21.4. The van der Waals surface area contributed by atoms with Gasteiger partial charge < -0.3 is 10.5 Å². The van der Waals surface area contributed by atoms with Crippen LogP contribution >= 0.6 is 50.7 Å². The number of rotatable bonds is 3. The first-order chi connectivity index (χ1) is 8.97. The second-order valence-corrected chi connectivity index (χ2v) is 5.91. The maximum absolute atomic E-state index is 6.07. The Balaban J connectivity index is 2.19. The number of benzene rings is 2. The molecule has 0 unspecified atom stereocenters. The number of hydrogen-bond acceptors (Lipinski definition) is 2. The van der Waals surface area contributed by atoms with Crippen LogP contribution in [0.3, 0.4) is 0 Å². The number of nitrogen functional groups attached to an aromatic ring is 1. The highest BCUT2D eigenvalue weighted by molar-refractivity contribution is 9.10. The van der Waals surface area contributed by atoms with Crippen molar-refractivity contribution >= 4 is 56.4 Å². The van der Waals surface area contributed by atoms with Crippen molar-refractivity contribution in [1.82, 2.24) is 0 Å². The van der Waals surface area contributed by atoms with Crippen molar-refractivity contribution < 1.29 is 4.74 Å². The van der Waals surface area contributed by atoms with Crippen LogP contribution in [-0.4, -0.2) is 0 Å². The molecule has 6 heteroatoms. The lowest BCUT2D eigenvalue weighted by Gasteiger charge is -2.11. The van der Waals surface area contributed by atoms with E-state index in [2.05, 4.69) is 15.9 Å². The van der Waals surface area contributed by atoms with E-state index in [1.807, 2.05) is 0 Å². The Morgan fingerprint density at radius 1 is 1.00 bits per heavy atom. The molecular weight excluding hydrogens is 372 g/mol. The van der Waals surface area contributed by atoms with Gasteiger partial charge in [0.15, 0.2) is 0 Å². The summed E-state index contributed by atoms with van der Waals surface area (Å²) in [6.45, 7) is 0.265. The van der Waals surface area contributed by atoms with Crippen molar-refractivity contribution in [1.29, 1.82) is 0 Å². The third kappa shape index (κ3) is 3.69. The molecule has 0 fully saturated rings. The molecule has 0 aliphatic rings. The van der Waals surface area contributed by atoms with Gasteiger partial charge in [-0.25, -0.2) is 0 Å². The molecule has 0 atom stereocenters. The third-order valence-electron chi connectivity index (χ3n) is 2.43. The molecule has 100 valence electrons. The largest absolute Gasteiger partial charge is 0.487 e. The molecule has 0 bridgehead atoms. The van der Waals surface area contributed by atoms with Crippen LogP contribution in [0, 0.1) is 0 Å². The second-order valence-electron chi connectivity index (χ2n) is 3.84. The van der Waals surface area contributed by atoms with Gasteiger partial charge in [0.2, 0.25) is 0 Å². The van der Waals surface area contributed by atoms with Crippen LogP contribution < -0.4 is 10.5 Å². The van der Waals surface area contributed by atoms with Crippen molar-refractivity contribution in [2.45, 2.75) is 6.61 Å². The van der Waals surface area contributed by atoms with Gasteiger partial charge in [0.1, 0.15) is 12.4 Å². The van der Waals surface area contributed by atoms with Gasteiger partial charge in [0.25, 0.3) is 0 Å². The lowest BCUT2D eigenvalue weighted by atomic mass is 10.2. The zero-order valence-electron chi connectivity index (χ0n) is 9.59. The monoisotopic (exact) mass is 379 g/mol. The molecule has 0 aromatic heterocycles. The third-order valence-corrected chi connectivity index (χ3v) is 4.29. The fourth-order valence-corrected chi connectivity index (χ4v) is 2.49.